The highest BCUT2D eigenvalue weighted by Crippen LogP contribution is 2.42. The lowest BCUT2D eigenvalue weighted by atomic mass is 9.74. The number of halogens is 2. The first-order valence-corrected chi connectivity index (χ1v) is 13.3. The zero-order chi connectivity index (χ0) is 25.2. The first kappa shape index (κ1) is 24.5. The van der Waals surface area contributed by atoms with E-state index in [1.54, 1.807) is 11.3 Å². The van der Waals surface area contributed by atoms with E-state index in [9.17, 15) is 8.78 Å². The Morgan fingerprint density at radius 1 is 1.06 bits per heavy atom. The van der Waals surface area contributed by atoms with Gasteiger partial charge in [0.05, 0.1) is 12.2 Å². The second kappa shape index (κ2) is 10.1. The van der Waals surface area contributed by atoms with Crippen LogP contribution in [-0.4, -0.2) is 35.5 Å². The van der Waals surface area contributed by atoms with Gasteiger partial charge in [-0.3, -0.25) is 4.99 Å². The number of amidine groups is 1. The van der Waals surface area contributed by atoms with Gasteiger partial charge in [0.2, 0.25) is 0 Å². The summed E-state index contributed by atoms with van der Waals surface area (Å²) in [5, 5.41) is 6.93. The number of nitrogens with zero attached hydrogens (tertiary/aromatic N) is 3. The lowest BCUT2D eigenvalue weighted by Crippen LogP contribution is -2.39. The summed E-state index contributed by atoms with van der Waals surface area (Å²) in [4.78, 5) is 13.4. The summed E-state index contributed by atoms with van der Waals surface area (Å²) in [5.41, 5.74) is 4.36. The Morgan fingerprint density at radius 2 is 1.81 bits per heavy atom. The van der Waals surface area contributed by atoms with E-state index in [4.69, 9.17) is 4.98 Å². The summed E-state index contributed by atoms with van der Waals surface area (Å²) < 4.78 is 27.3. The maximum atomic E-state index is 13.6. The maximum absolute atomic E-state index is 13.6. The van der Waals surface area contributed by atoms with Crippen molar-refractivity contribution >= 4 is 28.6 Å². The molecule has 1 fully saturated rings. The van der Waals surface area contributed by atoms with Crippen molar-refractivity contribution in [3.05, 3.63) is 82.7 Å². The lowest BCUT2D eigenvalue weighted by Gasteiger charge is -2.36. The second-order valence-corrected chi connectivity index (χ2v) is 10.6. The molecule has 2 aromatic carbocycles. The summed E-state index contributed by atoms with van der Waals surface area (Å²) >= 11 is 1.75. The molecule has 7 heteroatoms. The summed E-state index contributed by atoms with van der Waals surface area (Å²) in [7, 11) is 0. The number of hydrogen-bond acceptors (Lipinski definition) is 5. The standard InChI is InChI=1S/C29H30F2N4S/c1-20(22-12-9-13-23(16-22)26-32-17-25(35-26)28(2,30)31)33-19-29(14-7-4-8-15-29)27-34-24(18-36-27)21-10-5-3-6-11-21/h3,5-6,9-13,16,18,33H,1,4,7-8,14-15,17,19H2,2H3. The normalized spacial score (nSPS) is 17.4. The molecule has 5 rings (SSSR count). The number of rotatable bonds is 8. The predicted molar refractivity (Wildman–Crippen MR) is 145 cm³/mol. The maximum Gasteiger partial charge on any atom is 0.285 e. The molecule has 36 heavy (non-hydrogen) atoms. The zero-order valence-electron chi connectivity index (χ0n) is 20.4. The van der Waals surface area contributed by atoms with Crippen LogP contribution in [0.15, 0.2) is 76.5 Å². The minimum atomic E-state index is -2.96. The molecule has 1 N–H and O–H groups in total. The van der Waals surface area contributed by atoms with E-state index in [2.05, 4.69) is 39.4 Å². The van der Waals surface area contributed by atoms with Crippen molar-refractivity contribution in [2.75, 3.05) is 13.1 Å². The molecular formula is C29H30F2N4S. The molecule has 0 unspecified atom stereocenters. The monoisotopic (exact) mass is 504 g/mol. The van der Waals surface area contributed by atoms with E-state index in [-0.39, 0.29) is 17.7 Å². The van der Waals surface area contributed by atoms with E-state index in [0.717, 1.165) is 54.4 Å². The first-order valence-electron chi connectivity index (χ1n) is 12.4. The Balaban J connectivity index is 1.33. The number of aliphatic imine (C=N–C) groups is 2. The molecule has 1 saturated carbocycles. The van der Waals surface area contributed by atoms with Crippen molar-refractivity contribution in [1.29, 1.82) is 0 Å². The van der Waals surface area contributed by atoms with E-state index < -0.39 is 5.92 Å². The minimum Gasteiger partial charge on any atom is -0.384 e. The van der Waals surface area contributed by atoms with Crippen LogP contribution in [0.4, 0.5) is 8.78 Å². The highest BCUT2D eigenvalue weighted by Gasteiger charge is 2.37. The molecule has 186 valence electrons. The molecule has 0 saturated heterocycles. The molecule has 2 heterocycles. The number of alkyl halides is 2. The summed E-state index contributed by atoms with van der Waals surface area (Å²) in [6.07, 6.45) is 5.81. The molecular weight excluding hydrogens is 474 g/mol. The summed E-state index contributed by atoms with van der Waals surface area (Å²) in [6.45, 7) is 5.83. The highest BCUT2D eigenvalue weighted by molar-refractivity contribution is 7.10. The molecule has 0 atom stereocenters. The molecule has 1 aliphatic carbocycles. The van der Waals surface area contributed by atoms with Crippen molar-refractivity contribution in [2.45, 2.75) is 50.4 Å². The Labute approximate surface area is 214 Å². The van der Waals surface area contributed by atoms with Gasteiger partial charge in [-0.2, -0.15) is 0 Å². The largest absolute Gasteiger partial charge is 0.384 e. The quantitative estimate of drug-likeness (QED) is 0.355. The summed E-state index contributed by atoms with van der Waals surface area (Å²) in [5.74, 6) is -2.61. The van der Waals surface area contributed by atoms with Crippen LogP contribution < -0.4 is 5.32 Å². The molecule has 1 aliphatic heterocycles. The number of nitrogens with one attached hydrogen (secondary N) is 1. The third-order valence-corrected chi connectivity index (χ3v) is 8.16. The van der Waals surface area contributed by atoms with Gasteiger partial charge in [0.15, 0.2) is 5.84 Å². The van der Waals surface area contributed by atoms with Gasteiger partial charge in [-0.05, 0) is 24.5 Å². The first-order chi connectivity index (χ1) is 17.3. The Hall–Kier alpha value is -3.19. The topological polar surface area (TPSA) is 49.6 Å². The zero-order valence-corrected chi connectivity index (χ0v) is 21.3. The third-order valence-electron chi connectivity index (χ3n) is 7.07. The van der Waals surface area contributed by atoms with Crippen LogP contribution in [0.25, 0.3) is 17.0 Å². The van der Waals surface area contributed by atoms with Gasteiger partial charge in [-0.1, -0.05) is 74.4 Å². The number of thiazole rings is 1. The van der Waals surface area contributed by atoms with Crippen LogP contribution in [0.5, 0.6) is 0 Å². The number of benzene rings is 2. The average molecular weight is 505 g/mol. The van der Waals surface area contributed by atoms with Gasteiger partial charge < -0.3 is 5.32 Å². The second-order valence-electron chi connectivity index (χ2n) is 9.74. The molecule has 0 spiro atoms. The molecule has 0 bridgehead atoms. The lowest BCUT2D eigenvalue weighted by molar-refractivity contribution is 0.0997. The Morgan fingerprint density at radius 3 is 2.53 bits per heavy atom. The van der Waals surface area contributed by atoms with Crippen LogP contribution in [-0.2, 0) is 5.41 Å². The van der Waals surface area contributed by atoms with E-state index in [0.29, 0.717) is 5.84 Å². The van der Waals surface area contributed by atoms with Gasteiger partial charge in [0, 0.05) is 41.1 Å². The van der Waals surface area contributed by atoms with Gasteiger partial charge >= 0.3 is 0 Å². The van der Waals surface area contributed by atoms with Crippen molar-refractivity contribution in [3.63, 3.8) is 0 Å². The predicted octanol–water partition coefficient (Wildman–Crippen LogP) is 7.13. The number of aromatic nitrogens is 1. The Bertz CT molecular complexity index is 1300. The molecule has 3 aromatic rings. The van der Waals surface area contributed by atoms with Crippen molar-refractivity contribution in [2.24, 2.45) is 9.98 Å². The Kier molecular flexibility index (Phi) is 6.84. The van der Waals surface area contributed by atoms with Gasteiger partial charge in [-0.15, -0.1) is 11.3 Å². The smallest absolute Gasteiger partial charge is 0.285 e. The van der Waals surface area contributed by atoms with E-state index in [1.165, 1.54) is 24.3 Å². The van der Waals surface area contributed by atoms with Crippen molar-refractivity contribution in [1.82, 2.24) is 10.3 Å². The van der Waals surface area contributed by atoms with Gasteiger partial charge in [0.1, 0.15) is 10.7 Å². The van der Waals surface area contributed by atoms with Crippen LogP contribution in [0.1, 0.15) is 55.2 Å². The number of hydrogen-bond donors (Lipinski definition) is 1. The van der Waals surface area contributed by atoms with E-state index in [1.807, 2.05) is 42.5 Å². The fourth-order valence-electron chi connectivity index (χ4n) is 4.92. The molecule has 1 aromatic heterocycles. The molecule has 0 radical (unpaired) electrons. The van der Waals surface area contributed by atoms with Gasteiger partial charge in [-0.25, -0.2) is 18.8 Å². The average Bonchev–Trinajstić information content (AvgIpc) is 3.60. The van der Waals surface area contributed by atoms with Crippen LogP contribution in [0.2, 0.25) is 0 Å². The minimum absolute atomic E-state index is 0.0298. The molecule has 0 amide bonds. The van der Waals surface area contributed by atoms with Crippen molar-refractivity contribution in [3.8, 4) is 11.3 Å². The highest BCUT2D eigenvalue weighted by atomic mass is 32.1. The fraction of sp³-hybridized carbons (Fsp3) is 0.345. The van der Waals surface area contributed by atoms with E-state index >= 15 is 0 Å². The molecule has 4 nitrogen and oxygen atoms in total. The van der Waals surface area contributed by atoms with Gasteiger partial charge in [0.25, 0.3) is 5.92 Å². The third kappa shape index (κ3) is 5.16. The fourth-order valence-corrected chi connectivity index (χ4v) is 6.01. The summed E-state index contributed by atoms with van der Waals surface area (Å²) in [6, 6.07) is 17.9. The molecule has 2 aliphatic rings. The van der Waals surface area contributed by atoms with Crippen LogP contribution in [0, 0.1) is 0 Å². The SMILES string of the molecule is C=C(NCC1(c2nc(-c3ccccc3)cs2)CCCCC1)c1cccc(C2=NCC(C(C)(F)F)=N2)c1. The van der Waals surface area contributed by atoms with Crippen LogP contribution in [0.3, 0.4) is 0 Å². The van der Waals surface area contributed by atoms with Crippen molar-refractivity contribution < 1.29 is 8.78 Å². The van der Waals surface area contributed by atoms with Crippen LogP contribution >= 0.6 is 11.3 Å².